The van der Waals surface area contributed by atoms with Gasteiger partial charge >= 0.3 is 0 Å². The molecule has 0 heterocycles. The van der Waals surface area contributed by atoms with Crippen LogP contribution >= 0.6 is 11.6 Å². The van der Waals surface area contributed by atoms with E-state index >= 15 is 0 Å². The summed E-state index contributed by atoms with van der Waals surface area (Å²) >= 11 is 5.88. The van der Waals surface area contributed by atoms with Crippen LogP contribution in [0, 0.1) is 5.41 Å². The summed E-state index contributed by atoms with van der Waals surface area (Å²) in [5.41, 5.74) is 6.85. The number of nitrogens with one attached hydrogen (secondary N) is 1. The van der Waals surface area contributed by atoms with Gasteiger partial charge in [0.1, 0.15) is 0 Å². The van der Waals surface area contributed by atoms with E-state index in [2.05, 4.69) is 12.2 Å². The molecule has 1 fully saturated rings. The van der Waals surface area contributed by atoms with E-state index in [1.54, 1.807) is 18.2 Å². The number of para-hydroxylation sites is 1. The largest absolute Gasteiger partial charge is 0.397 e. The van der Waals surface area contributed by atoms with Gasteiger partial charge in [-0.2, -0.15) is 0 Å². The highest BCUT2D eigenvalue weighted by Crippen LogP contribution is 2.39. The van der Waals surface area contributed by atoms with Crippen LogP contribution in [0.4, 0.5) is 5.69 Å². The summed E-state index contributed by atoms with van der Waals surface area (Å²) in [5.74, 6) is -0.141. The van der Waals surface area contributed by atoms with Gasteiger partial charge in [-0.3, -0.25) is 4.79 Å². The van der Waals surface area contributed by atoms with Crippen molar-refractivity contribution in [3.63, 3.8) is 0 Å². The zero-order valence-electron chi connectivity index (χ0n) is 9.92. The van der Waals surface area contributed by atoms with Gasteiger partial charge in [-0.05, 0) is 30.4 Å². The monoisotopic (exact) mass is 252 g/mol. The fraction of sp³-hybridized carbons (Fsp3) is 0.462. The molecule has 0 radical (unpaired) electrons. The van der Waals surface area contributed by atoms with Gasteiger partial charge in [0.2, 0.25) is 0 Å². The summed E-state index contributed by atoms with van der Waals surface area (Å²) in [5, 5.41) is 3.36. The summed E-state index contributed by atoms with van der Waals surface area (Å²) < 4.78 is 0. The van der Waals surface area contributed by atoms with Gasteiger partial charge in [0.25, 0.3) is 5.91 Å². The Morgan fingerprint density at radius 1 is 1.53 bits per heavy atom. The van der Waals surface area contributed by atoms with Crippen LogP contribution in [-0.2, 0) is 0 Å². The van der Waals surface area contributed by atoms with E-state index in [0.29, 0.717) is 22.8 Å². The van der Waals surface area contributed by atoms with Gasteiger partial charge in [-0.15, -0.1) is 0 Å². The number of rotatable bonds is 3. The molecule has 1 aromatic rings. The van der Waals surface area contributed by atoms with Crippen molar-refractivity contribution in [1.29, 1.82) is 0 Å². The third-order valence-electron chi connectivity index (χ3n) is 3.53. The number of nitrogen functional groups attached to an aromatic ring is 1. The first-order chi connectivity index (χ1) is 8.02. The molecule has 1 aliphatic carbocycles. The van der Waals surface area contributed by atoms with E-state index in [0.717, 1.165) is 0 Å². The lowest BCUT2D eigenvalue weighted by Gasteiger charge is -2.38. The Hall–Kier alpha value is -1.22. The van der Waals surface area contributed by atoms with E-state index in [9.17, 15) is 4.79 Å². The number of hydrogen-bond acceptors (Lipinski definition) is 2. The van der Waals surface area contributed by atoms with Gasteiger partial charge in [-0.1, -0.05) is 31.0 Å². The van der Waals surface area contributed by atoms with E-state index in [-0.39, 0.29) is 11.3 Å². The SMILES string of the molecule is CC1(CNC(=O)c2cccc(Cl)c2N)CCC1. The highest BCUT2D eigenvalue weighted by Gasteiger charge is 2.32. The topological polar surface area (TPSA) is 55.1 Å². The highest BCUT2D eigenvalue weighted by molar-refractivity contribution is 6.33. The maximum absolute atomic E-state index is 12.0. The van der Waals surface area contributed by atoms with Crippen molar-refractivity contribution in [2.24, 2.45) is 5.41 Å². The maximum Gasteiger partial charge on any atom is 0.253 e. The average molecular weight is 253 g/mol. The minimum Gasteiger partial charge on any atom is -0.397 e. The molecular formula is C13H17ClN2O. The Bertz CT molecular complexity index is 441. The van der Waals surface area contributed by atoms with E-state index in [1.807, 2.05) is 0 Å². The fourth-order valence-electron chi connectivity index (χ4n) is 2.08. The van der Waals surface area contributed by atoms with Gasteiger partial charge in [0.15, 0.2) is 0 Å². The first-order valence-electron chi connectivity index (χ1n) is 5.84. The van der Waals surface area contributed by atoms with Crippen LogP contribution in [0.15, 0.2) is 18.2 Å². The van der Waals surface area contributed by atoms with Crippen molar-refractivity contribution in [2.75, 3.05) is 12.3 Å². The summed E-state index contributed by atoms with van der Waals surface area (Å²) in [4.78, 5) is 12.0. The molecule has 1 aliphatic rings. The zero-order valence-corrected chi connectivity index (χ0v) is 10.7. The Morgan fingerprint density at radius 3 is 2.82 bits per heavy atom. The Labute approximate surface area is 106 Å². The Kier molecular flexibility index (Phi) is 3.29. The van der Waals surface area contributed by atoms with E-state index in [4.69, 9.17) is 17.3 Å². The van der Waals surface area contributed by atoms with Gasteiger partial charge in [-0.25, -0.2) is 0 Å². The number of benzene rings is 1. The number of carbonyl (C=O) groups is 1. The lowest BCUT2D eigenvalue weighted by Crippen LogP contribution is -2.40. The predicted octanol–water partition coefficient (Wildman–Crippen LogP) is 2.84. The first-order valence-corrected chi connectivity index (χ1v) is 6.22. The standard InChI is InChI=1S/C13H17ClN2O/c1-13(6-3-7-13)8-16-12(17)9-4-2-5-10(14)11(9)15/h2,4-5H,3,6-8,15H2,1H3,(H,16,17). The molecule has 3 nitrogen and oxygen atoms in total. The minimum absolute atomic E-state index is 0.141. The molecule has 17 heavy (non-hydrogen) atoms. The van der Waals surface area contributed by atoms with Crippen LogP contribution in [-0.4, -0.2) is 12.5 Å². The Morgan fingerprint density at radius 2 is 2.24 bits per heavy atom. The normalized spacial score (nSPS) is 17.3. The van der Waals surface area contributed by atoms with E-state index < -0.39 is 0 Å². The molecule has 92 valence electrons. The summed E-state index contributed by atoms with van der Waals surface area (Å²) in [7, 11) is 0. The fourth-order valence-corrected chi connectivity index (χ4v) is 2.26. The summed E-state index contributed by atoms with van der Waals surface area (Å²) in [6.45, 7) is 2.90. The average Bonchev–Trinajstić information content (AvgIpc) is 2.27. The van der Waals surface area contributed by atoms with Crippen LogP contribution in [0.1, 0.15) is 36.5 Å². The van der Waals surface area contributed by atoms with Crippen LogP contribution in [0.2, 0.25) is 5.02 Å². The molecule has 1 amide bonds. The van der Waals surface area contributed by atoms with Crippen molar-refractivity contribution < 1.29 is 4.79 Å². The Balaban J connectivity index is 2.02. The molecule has 0 bridgehead atoms. The molecule has 3 N–H and O–H groups in total. The van der Waals surface area contributed by atoms with E-state index in [1.165, 1.54) is 19.3 Å². The van der Waals surface area contributed by atoms with Crippen molar-refractivity contribution in [3.8, 4) is 0 Å². The van der Waals surface area contributed by atoms with Gasteiger partial charge in [0.05, 0.1) is 16.3 Å². The number of amides is 1. The van der Waals surface area contributed by atoms with Crippen molar-refractivity contribution >= 4 is 23.2 Å². The summed E-state index contributed by atoms with van der Waals surface area (Å²) in [6, 6.07) is 5.11. The van der Waals surface area contributed by atoms with Crippen molar-refractivity contribution in [3.05, 3.63) is 28.8 Å². The lowest BCUT2D eigenvalue weighted by molar-refractivity contribution is 0.0891. The second-order valence-corrected chi connectivity index (χ2v) is 5.46. The zero-order chi connectivity index (χ0) is 12.5. The van der Waals surface area contributed by atoms with Crippen molar-refractivity contribution in [2.45, 2.75) is 26.2 Å². The molecule has 1 aromatic carbocycles. The summed E-state index contributed by atoms with van der Waals surface area (Å²) in [6.07, 6.45) is 3.61. The third kappa shape index (κ3) is 2.55. The second kappa shape index (κ2) is 4.57. The van der Waals surface area contributed by atoms with Crippen LogP contribution < -0.4 is 11.1 Å². The number of halogens is 1. The predicted molar refractivity (Wildman–Crippen MR) is 70.2 cm³/mol. The molecule has 0 atom stereocenters. The number of carbonyl (C=O) groups excluding carboxylic acids is 1. The molecule has 0 unspecified atom stereocenters. The maximum atomic E-state index is 12.0. The number of hydrogen-bond donors (Lipinski definition) is 2. The minimum atomic E-state index is -0.141. The van der Waals surface area contributed by atoms with Crippen molar-refractivity contribution in [1.82, 2.24) is 5.32 Å². The molecule has 1 saturated carbocycles. The molecule has 0 spiro atoms. The van der Waals surface area contributed by atoms with Crippen LogP contribution in [0.25, 0.3) is 0 Å². The molecule has 0 saturated heterocycles. The highest BCUT2D eigenvalue weighted by atomic mass is 35.5. The van der Waals surface area contributed by atoms with Gasteiger partial charge < -0.3 is 11.1 Å². The molecular weight excluding hydrogens is 236 g/mol. The van der Waals surface area contributed by atoms with Crippen LogP contribution in [0.3, 0.4) is 0 Å². The second-order valence-electron chi connectivity index (χ2n) is 5.05. The van der Waals surface area contributed by atoms with Crippen LogP contribution in [0.5, 0.6) is 0 Å². The smallest absolute Gasteiger partial charge is 0.253 e. The first kappa shape index (κ1) is 12.2. The third-order valence-corrected chi connectivity index (χ3v) is 3.86. The lowest BCUT2D eigenvalue weighted by atomic mass is 9.70. The molecule has 2 rings (SSSR count). The molecule has 4 heteroatoms. The number of nitrogens with two attached hydrogens (primary N) is 1. The molecule has 0 aromatic heterocycles. The number of anilines is 1. The quantitative estimate of drug-likeness (QED) is 0.813. The molecule has 0 aliphatic heterocycles. The van der Waals surface area contributed by atoms with Gasteiger partial charge in [0, 0.05) is 6.54 Å².